The normalized spacial score (nSPS) is 22.6. The highest BCUT2D eigenvalue weighted by Gasteiger charge is 2.63. The number of amides is 1. The summed E-state index contributed by atoms with van der Waals surface area (Å²) < 4.78 is 5.95. The molecular formula is C20H23N5O3. The molecule has 4 rings (SSSR count). The molecule has 8 nitrogen and oxygen atoms in total. The van der Waals surface area contributed by atoms with Gasteiger partial charge >= 0.3 is 6.09 Å². The largest absolute Gasteiger partial charge is 0.431 e. The SMILES string of the molecule is CC(=O)c1ncc(N)nc1C1(OC(N)=O)c2ccccc2CC12CCNCC2. The van der Waals surface area contributed by atoms with E-state index < -0.39 is 17.1 Å². The van der Waals surface area contributed by atoms with Crippen LogP contribution in [0.5, 0.6) is 0 Å². The van der Waals surface area contributed by atoms with Gasteiger partial charge < -0.3 is 21.5 Å². The van der Waals surface area contributed by atoms with Crippen LogP contribution >= 0.6 is 0 Å². The highest BCUT2D eigenvalue weighted by atomic mass is 16.6. The van der Waals surface area contributed by atoms with Gasteiger partial charge in [0.1, 0.15) is 17.2 Å². The van der Waals surface area contributed by atoms with Gasteiger partial charge in [-0.15, -0.1) is 0 Å². The first-order valence-electron chi connectivity index (χ1n) is 9.31. The number of benzene rings is 1. The number of hydrogen-bond donors (Lipinski definition) is 3. The van der Waals surface area contributed by atoms with E-state index in [9.17, 15) is 9.59 Å². The van der Waals surface area contributed by atoms with Crippen LogP contribution in [0.25, 0.3) is 0 Å². The van der Waals surface area contributed by atoms with Crippen molar-refractivity contribution in [2.45, 2.75) is 31.8 Å². The number of nitrogens with two attached hydrogens (primary N) is 2. The lowest BCUT2D eigenvalue weighted by Crippen LogP contribution is -2.54. The first-order valence-corrected chi connectivity index (χ1v) is 9.31. The molecule has 28 heavy (non-hydrogen) atoms. The van der Waals surface area contributed by atoms with E-state index in [1.165, 1.54) is 13.1 Å². The standard InChI is InChI=1S/C20H23N5O3/c1-12(26)16-17(25-15(21)11-24-16)20(28-18(22)27)14-5-3-2-4-13(14)10-19(20)6-8-23-9-7-19/h2-5,11,23H,6-10H2,1H3,(H2,21,25)(H2,22,27). The Morgan fingerprint density at radius 2 is 1.93 bits per heavy atom. The van der Waals surface area contributed by atoms with Gasteiger partial charge in [0.15, 0.2) is 11.4 Å². The average molecular weight is 381 g/mol. The summed E-state index contributed by atoms with van der Waals surface area (Å²) >= 11 is 0. The van der Waals surface area contributed by atoms with Crippen LogP contribution in [0.1, 0.15) is 47.1 Å². The first-order chi connectivity index (χ1) is 13.4. The van der Waals surface area contributed by atoms with Gasteiger partial charge in [0.25, 0.3) is 0 Å². The molecule has 1 atom stereocenters. The number of ether oxygens (including phenoxy) is 1. The fourth-order valence-electron chi connectivity index (χ4n) is 4.87. The lowest BCUT2D eigenvalue weighted by atomic mass is 9.64. The van der Waals surface area contributed by atoms with Gasteiger partial charge in [0, 0.05) is 17.9 Å². The van der Waals surface area contributed by atoms with Crippen molar-refractivity contribution < 1.29 is 14.3 Å². The Kier molecular flexibility index (Phi) is 4.30. The number of aromatic nitrogens is 2. The van der Waals surface area contributed by atoms with Crippen molar-refractivity contribution in [2.24, 2.45) is 11.1 Å². The smallest absolute Gasteiger partial charge is 0.405 e. The van der Waals surface area contributed by atoms with Gasteiger partial charge in [-0.05, 0) is 37.9 Å². The van der Waals surface area contributed by atoms with Crippen LogP contribution in [-0.4, -0.2) is 34.9 Å². The fraction of sp³-hybridized carbons (Fsp3) is 0.400. The molecule has 5 N–H and O–H groups in total. The molecule has 0 bridgehead atoms. The monoisotopic (exact) mass is 381 g/mol. The Labute approximate surface area is 162 Å². The molecule has 1 aromatic heterocycles. The molecule has 2 aliphatic rings. The molecule has 1 aromatic carbocycles. The van der Waals surface area contributed by atoms with Crippen molar-refractivity contribution >= 4 is 17.7 Å². The van der Waals surface area contributed by atoms with Gasteiger partial charge in [-0.3, -0.25) is 4.79 Å². The van der Waals surface area contributed by atoms with Crippen molar-refractivity contribution in [1.82, 2.24) is 15.3 Å². The maximum Gasteiger partial charge on any atom is 0.405 e. The number of hydrogen-bond acceptors (Lipinski definition) is 7. The number of anilines is 1. The molecule has 0 radical (unpaired) electrons. The third kappa shape index (κ3) is 2.56. The highest BCUT2D eigenvalue weighted by molar-refractivity contribution is 5.94. The van der Waals surface area contributed by atoms with Crippen LogP contribution < -0.4 is 16.8 Å². The second kappa shape index (κ2) is 6.56. The maximum atomic E-state index is 12.4. The molecule has 1 aliphatic carbocycles. The second-order valence-electron chi connectivity index (χ2n) is 7.51. The zero-order valence-electron chi connectivity index (χ0n) is 15.7. The Bertz CT molecular complexity index is 955. The van der Waals surface area contributed by atoms with Crippen molar-refractivity contribution in [3.63, 3.8) is 0 Å². The molecule has 2 heterocycles. The fourth-order valence-corrected chi connectivity index (χ4v) is 4.87. The molecule has 1 aliphatic heterocycles. The minimum atomic E-state index is -1.32. The number of Topliss-reactive ketones (excluding diaryl/α,β-unsaturated/α-hetero) is 1. The van der Waals surface area contributed by atoms with Crippen LogP contribution in [0.2, 0.25) is 0 Å². The van der Waals surface area contributed by atoms with Crippen molar-refractivity contribution in [3.8, 4) is 0 Å². The van der Waals surface area contributed by atoms with Crippen LogP contribution in [0, 0.1) is 5.41 Å². The van der Waals surface area contributed by atoms with Crippen LogP contribution in [0.3, 0.4) is 0 Å². The molecule has 1 saturated heterocycles. The molecule has 146 valence electrons. The molecule has 1 unspecified atom stereocenters. The van der Waals surface area contributed by atoms with E-state index in [1.807, 2.05) is 24.3 Å². The quantitative estimate of drug-likeness (QED) is 0.687. The van der Waals surface area contributed by atoms with Crippen molar-refractivity contribution in [1.29, 1.82) is 0 Å². The number of nitrogens with zero attached hydrogens (tertiary/aromatic N) is 2. The zero-order valence-corrected chi connectivity index (χ0v) is 15.7. The Morgan fingerprint density at radius 1 is 1.21 bits per heavy atom. The minimum Gasteiger partial charge on any atom is -0.431 e. The van der Waals surface area contributed by atoms with E-state index in [2.05, 4.69) is 15.3 Å². The van der Waals surface area contributed by atoms with E-state index in [-0.39, 0.29) is 23.0 Å². The van der Waals surface area contributed by atoms with Gasteiger partial charge in [-0.25, -0.2) is 14.8 Å². The molecule has 2 aromatic rings. The number of piperidine rings is 1. The molecule has 8 heteroatoms. The number of ketones is 1. The lowest BCUT2D eigenvalue weighted by Gasteiger charge is -2.47. The summed E-state index contributed by atoms with van der Waals surface area (Å²) in [7, 11) is 0. The summed E-state index contributed by atoms with van der Waals surface area (Å²) in [5.41, 5.74) is 12.0. The summed E-state index contributed by atoms with van der Waals surface area (Å²) in [5.74, 6) is -0.121. The highest BCUT2D eigenvalue weighted by Crippen LogP contribution is 2.60. The number of primary amides is 1. The minimum absolute atomic E-state index is 0.144. The summed E-state index contributed by atoms with van der Waals surface area (Å²) in [6, 6.07) is 7.75. The van der Waals surface area contributed by atoms with Gasteiger partial charge in [-0.1, -0.05) is 24.3 Å². The first kappa shape index (κ1) is 18.4. The van der Waals surface area contributed by atoms with Gasteiger partial charge in [0.2, 0.25) is 0 Å². The number of carbonyl (C=O) groups is 2. The average Bonchev–Trinajstić information content (AvgIpc) is 2.91. The summed E-state index contributed by atoms with van der Waals surface area (Å²) in [4.78, 5) is 33.3. The molecular weight excluding hydrogens is 358 g/mol. The summed E-state index contributed by atoms with van der Waals surface area (Å²) in [6.45, 7) is 2.92. The third-order valence-corrected chi connectivity index (χ3v) is 5.94. The van der Waals surface area contributed by atoms with E-state index in [4.69, 9.17) is 16.2 Å². The summed E-state index contributed by atoms with van der Waals surface area (Å²) in [5, 5.41) is 3.35. The number of rotatable bonds is 3. The number of nitrogens with one attached hydrogen (secondary N) is 1. The van der Waals surface area contributed by atoms with E-state index in [1.54, 1.807) is 0 Å². The van der Waals surface area contributed by atoms with E-state index in [0.29, 0.717) is 6.42 Å². The number of fused-ring (bicyclic) bond motifs is 1. The number of nitrogen functional groups attached to an aromatic ring is 1. The number of carbonyl (C=O) groups excluding carboxylic acids is 2. The van der Waals surface area contributed by atoms with Gasteiger partial charge in [0.05, 0.1) is 6.20 Å². The van der Waals surface area contributed by atoms with E-state index >= 15 is 0 Å². The van der Waals surface area contributed by atoms with Gasteiger partial charge in [-0.2, -0.15) is 0 Å². The molecule has 1 fully saturated rings. The Hall–Kier alpha value is -3.00. The maximum absolute atomic E-state index is 12.4. The molecule has 1 spiro atoms. The zero-order chi connectivity index (χ0) is 19.9. The van der Waals surface area contributed by atoms with Crippen molar-refractivity contribution in [3.05, 3.63) is 53.0 Å². The molecule has 0 saturated carbocycles. The van der Waals surface area contributed by atoms with Crippen LogP contribution in [0.15, 0.2) is 30.5 Å². The topological polar surface area (TPSA) is 133 Å². The summed E-state index contributed by atoms with van der Waals surface area (Å²) in [6.07, 6.45) is 2.56. The van der Waals surface area contributed by atoms with E-state index in [0.717, 1.165) is 37.1 Å². The Morgan fingerprint density at radius 3 is 2.61 bits per heavy atom. The third-order valence-electron chi connectivity index (χ3n) is 5.94. The molecule has 1 amide bonds. The van der Waals surface area contributed by atoms with Crippen LogP contribution in [0.4, 0.5) is 10.6 Å². The second-order valence-corrected chi connectivity index (χ2v) is 7.51. The van der Waals surface area contributed by atoms with Crippen LogP contribution in [-0.2, 0) is 16.8 Å². The Balaban J connectivity index is 2.09. The predicted molar refractivity (Wildman–Crippen MR) is 103 cm³/mol. The predicted octanol–water partition coefficient (Wildman–Crippen LogP) is 1.53. The van der Waals surface area contributed by atoms with Crippen molar-refractivity contribution in [2.75, 3.05) is 18.8 Å². The lowest BCUT2D eigenvalue weighted by molar-refractivity contribution is -0.0703.